The molecule has 1 saturated heterocycles. The summed E-state index contributed by atoms with van der Waals surface area (Å²) >= 11 is 1.53. The molecular formula is C27H32N4O6S. The van der Waals surface area contributed by atoms with Gasteiger partial charge in [0.1, 0.15) is 6.33 Å². The van der Waals surface area contributed by atoms with E-state index >= 15 is 0 Å². The molecule has 1 aromatic heterocycles. The Labute approximate surface area is 225 Å². The average Bonchev–Trinajstić information content (AvgIpc) is 3.46. The summed E-state index contributed by atoms with van der Waals surface area (Å²) in [6.07, 6.45) is 3.64. The number of ether oxygens (including phenoxy) is 2. The van der Waals surface area contributed by atoms with Crippen molar-refractivity contribution in [2.24, 2.45) is 0 Å². The van der Waals surface area contributed by atoms with Crippen molar-refractivity contribution < 1.29 is 29.3 Å². The first kappa shape index (κ1) is 27.8. The number of aromatic amines is 1. The van der Waals surface area contributed by atoms with Crippen molar-refractivity contribution in [1.29, 1.82) is 0 Å². The fourth-order valence-corrected chi connectivity index (χ4v) is 4.94. The van der Waals surface area contributed by atoms with E-state index in [9.17, 15) is 14.7 Å². The Morgan fingerprint density at radius 3 is 2.42 bits per heavy atom. The number of nitrogens with zero attached hydrogens (tertiary/aromatic N) is 2. The third kappa shape index (κ3) is 8.38. The molecule has 3 atom stereocenters. The van der Waals surface area contributed by atoms with Crippen molar-refractivity contribution >= 4 is 29.3 Å². The van der Waals surface area contributed by atoms with Crippen molar-refractivity contribution in [2.45, 2.75) is 68.8 Å². The van der Waals surface area contributed by atoms with E-state index in [1.807, 2.05) is 48.5 Å². The fourth-order valence-electron chi connectivity index (χ4n) is 4.14. The minimum Gasteiger partial charge on any atom is -0.481 e. The normalized spacial score (nSPS) is 19.2. The molecule has 0 saturated carbocycles. The number of H-pyrrole nitrogens is 1. The molecule has 1 aliphatic heterocycles. The summed E-state index contributed by atoms with van der Waals surface area (Å²) in [5.41, 5.74) is 3.36. The van der Waals surface area contributed by atoms with Crippen molar-refractivity contribution in [1.82, 2.24) is 15.2 Å². The Morgan fingerprint density at radius 2 is 1.74 bits per heavy atom. The number of aliphatic hydroxyl groups excluding tert-OH is 1. The number of thioether (sulfide) groups is 1. The summed E-state index contributed by atoms with van der Waals surface area (Å²) in [5.74, 6) is -0.249. The average molecular weight is 541 g/mol. The topological polar surface area (TPSA) is 147 Å². The number of carbonyl (C=O) groups is 2. The molecule has 3 aromatic rings. The molecule has 0 aliphatic carbocycles. The van der Waals surface area contributed by atoms with E-state index in [1.54, 1.807) is 0 Å². The van der Waals surface area contributed by atoms with Crippen LogP contribution in [0.5, 0.6) is 0 Å². The van der Waals surface area contributed by atoms with E-state index in [-0.39, 0.29) is 31.1 Å². The molecule has 3 unspecified atom stereocenters. The first-order chi connectivity index (χ1) is 18.5. The minimum absolute atomic E-state index is 0.0123. The predicted octanol–water partition coefficient (Wildman–Crippen LogP) is 4.61. The van der Waals surface area contributed by atoms with Crippen LogP contribution in [0.25, 0.3) is 0 Å². The van der Waals surface area contributed by atoms with Crippen LogP contribution in [0, 0.1) is 0 Å². The molecule has 0 bridgehead atoms. The molecule has 1 aliphatic rings. The van der Waals surface area contributed by atoms with Gasteiger partial charge in [0.25, 0.3) is 0 Å². The number of aromatic nitrogens is 3. The maximum Gasteiger partial charge on any atom is 0.303 e. The van der Waals surface area contributed by atoms with Gasteiger partial charge in [-0.05, 0) is 36.1 Å². The second-order valence-corrected chi connectivity index (χ2v) is 10.1. The molecule has 10 nitrogen and oxygen atoms in total. The molecule has 2 aromatic carbocycles. The predicted molar refractivity (Wildman–Crippen MR) is 141 cm³/mol. The summed E-state index contributed by atoms with van der Waals surface area (Å²) in [6.45, 7) is -0.0123. The number of nitrogens with one attached hydrogen (secondary N) is 2. The fraction of sp³-hybridized carbons (Fsp3) is 0.407. The number of anilines is 1. The van der Waals surface area contributed by atoms with Gasteiger partial charge in [0.05, 0.1) is 18.8 Å². The van der Waals surface area contributed by atoms with Crippen LogP contribution in [-0.2, 0) is 25.7 Å². The highest BCUT2D eigenvalue weighted by Crippen LogP contribution is 2.39. The summed E-state index contributed by atoms with van der Waals surface area (Å²) < 4.78 is 12.7. The zero-order valence-corrected chi connectivity index (χ0v) is 21.7. The van der Waals surface area contributed by atoms with Gasteiger partial charge in [-0.15, -0.1) is 0 Å². The number of benzene rings is 2. The molecule has 0 radical (unpaired) electrons. The van der Waals surface area contributed by atoms with Gasteiger partial charge in [-0.25, -0.2) is 4.98 Å². The van der Waals surface area contributed by atoms with E-state index in [4.69, 9.17) is 14.6 Å². The highest BCUT2D eigenvalue weighted by Gasteiger charge is 2.32. The van der Waals surface area contributed by atoms with Crippen LogP contribution in [0.2, 0.25) is 0 Å². The molecule has 4 N–H and O–H groups in total. The lowest BCUT2D eigenvalue weighted by Crippen LogP contribution is -2.31. The van der Waals surface area contributed by atoms with Crippen molar-refractivity contribution in [2.75, 3.05) is 11.1 Å². The van der Waals surface area contributed by atoms with Crippen LogP contribution < -0.4 is 5.32 Å². The van der Waals surface area contributed by atoms with E-state index in [2.05, 4.69) is 20.5 Å². The number of aliphatic carboxylic acids is 1. The third-order valence-corrected chi connectivity index (χ3v) is 7.18. The van der Waals surface area contributed by atoms with E-state index < -0.39 is 12.3 Å². The van der Waals surface area contributed by atoms with Crippen LogP contribution in [0.15, 0.2) is 60.0 Å². The van der Waals surface area contributed by atoms with Gasteiger partial charge in [-0.1, -0.05) is 54.6 Å². The molecule has 4 rings (SSSR count). The van der Waals surface area contributed by atoms with Crippen LogP contribution >= 0.6 is 11.8 Å². The van der Waals surface area contributed by atoms with E-state index in [1.165, 1.54) is 18.1 Å². The number of aliphatic hydroxyl groups is 1. The van der Waals surface area contributed by atoms with Gasteiger partial charge >= 0.3 is 5.97 Å². The lowest BCUT2D eigenvalue weighted by Gasteiger charge is -2.36. The summed E-state index contributed by atoms with van der Waals surface area (Å²) in [6, 6.07) is 15.1. The van der Waals surface area contributed by atoms with Crippen LogP contribution in [0.4, 0.5) is 5.69 Å². The Morgan fingerprint density at radius 1 is 1.00 bits per heavy atom. The number of carbonyl (C=O) groups excluding carboxylic acids is 1. The number of rotatable bonds is 13. The third-order valence-electron chi connectivity index (χ3n) is 6.17. The number of carboxylic acids is 1. The number of amides is 1. The lowest BCUT2D eigenvalue weighted by molar-refractivity contribution is -0.245. The SMILES string of the molecule is O=C(O)CCCCCC(=O)Nc1ccc(C2OC(CSc3ncn[nH]3)CC(c3ccc(CO)cc3)O2)cc1. The molecule has 38 heavy (non-hydrogen) atoms. The maximum atomic E-state index is 12.2. The highest BCUT2D eigenvalue weighted by atomic mass is 32.2. The molecule has 2 heterocycles. The molecule has 0 spiro atoms. The van der Waals surface area contributed by atoms with Crippen LogP contribution in [0.3, 0.4) is 0 Å². The summed E-state index contributed by atoms with van der Waals surface area (Å²) in [4.78, 5) is 27.0. The lowest BCUT2D eigenvalue weighted by atomic mass is 10.0. The highest BCUT2D eigenvalue weighted by molar-refractivity contribution is 7.99. The van der Waals surface area contributed by atoms with Crippen molar-refractivity contribution in [3.05, 3.63) is 71.5 Å². The summed E-state index contributed by atoms with van der Waals surface area (Å²) in [7, 11) is 0. The summed E-state index contributed by atoms with van der Waals surface area (Å²) in [5, 5.41) is 28.4. The molecule has 1 amide bonds. The molecular weight excluding hydrogens is 508 g/mol. The van der Waals surface area contributed by atoms with Crippen LogP contribution in [-0.4, -0.2) is 49.1 Å². The maximum absolute atomic E-state index is 12.2. The Bertz CT molecular complexity index is 1160. The second-order valence-electron chi connectivity index (χ2n) is 9.08. The van der Waals surface area contributed by atoms with Gasteiger partial charge in [0.2, 0.25) is 5.91 Å². The standard InChI is InChI=1S/C27H32N4O6S/c32-15-18-6-8-19(9-7-18)23-14-22(16-38-27-28-17-29-31-27)36-26(37-23)20-10-12-21(13-11-20)30-24(33)4-2-1-3-5-25(34)35/h6-13,17,22-23,26,32H,1-5,14-16H2,(H,30,33)(H,34,35)(H,28,29,31). The Balaban J connectivity index is 1.37. The molecule has 202 valence electrons. The van der Waals surface area contributed by atoms with Gasteiger partial charge < -0.3 is 25.0 Å². The van der Waals surface area contributed by atoms with Gasteiger partial charge in [-0.3, -0.25) is 14.7 Å². The number of hydrogen-bond donors (Lipinski definition) is 4. The minimum atomic E-state index is -0.814. The quantitative estimate of drug-likeness (QED) is 0.180. The smallest absolute Gasteiger partial charge is 0.303 e. The zero-order valence-electron chi connectivity index (χ0n) is 20.9. The monoisotopic (exact) mass is 540 g/mol. The van der Waals surface area contributed by atoms with E-state index in [0.717, 1.165) is 21.8 Å². The second kappa shape index (κ2) is 14.1. The van der Waals surface area contributed by atoms with Gasteiger partial charge in [0, 0.05) is 36.3 Å². The van der Waals surface area contributed by atoms with Crippen molar-refractivity contribution in [3.8, 4) is 0 Å². The number of unbranched alkanes of at least 4 members (excludes halogenated alkanes) is 2. The largest absolute Gasteiger partial charge is 0.481 e. The number of carboxylic acid groups (broad SMARTS) is 1. The van der Waals surface area contributed by atoms with Gasteiger partial charge in [-0.2, -0.15) is 5.10 Å². The molecule has 11 heteroatoms. The number of hydrogen-bond acceptors (Lipinski definition) is 8. The van der Waals surface area contributed by atoms with E-state index in [0.29, 0.717) is 43.5 Å². The zero-order chi connectivity index (χ0) is 26.7. The van der Waals surface area contributed by atoms with Crippen LogP contribution in [0.1, 0.15) is 67.6 Å². The first-order valence-electron chi connectivity index (χ1n) is 12.6. The first-order valence-corrected chi connectivity index (χ1v) is 13.6. The molecule has 1 fully saturated rings. The van der Waals surface area contributed by atoms with Crippen molar-refractivity contribution in [3.63, 3.8) is 0 Å². The Kier molecular flexibility index (Phi) is 10.3. The van der Waals surface area contributed by atoms with Gasteiger partial charge in [0.15, 0.2) is 11.4 Å². The Hall–Kier alpha value is -3.25.